The van der Waals surface area contributed by atoms with E-state index < -0.39 is 0 Å². The van der Waals surface area contributed by atoms with E-state index in [1.807, 2.05) is 6.07 Å². The van der Waals surface area contributed by atoms with Crippen LogP contribution in [0.1, 0.15) is 12.5 Å². The summed E-state index contributed by atoms with van der Waals surface area (Å²) in [5.41, 5.74) is 1.44. The second-order valence-electron chi connectivity index (χ2n) is 5.84. The van der Waals surface area contributed by atoms with Gasteiger partial charge in [0.2, 0.25) is 11.8 Å². The molecule has 2 rings (SSSR count). The first-order chi connectivity index (χ1) is 13.0. The van der Waals surface area contributed by atoms with Gasteiger partial charge < -0.3 is 24.4 Å². The van der Waals surface area contributed by atoms with Crippen LogP contribution in [0.4, 0.5) is 5.69 Å². The highest BCUT2D eigenvalue weighted by Gasteiger charge is 2.16. The molecule has 1 N–H and O–H groups in total. The summed E-state index contributed by atoms with van der Waals surface area (Å²) in [6, 6.07) is 12.4. The minimum Gasteiger partial charge on any atom is -0.497 e. The Kier molecular flexibility index (Phi) is 7.05. The second-order valence-corrected chi connectivity index (χ2v) is 5.84. The average molecular weight is 372 g/mol. The molecule has 27 heavy (non-hydrogen) atoms. The Hall–Kier alpha value is -3.22. The molecule has 2 amide bonds. The zero-order valence-corrected chi connectivity index (χ0v) is 15.9. The van der Waals surface area contributed by atoms with E-state index in [4.69, 9.17) is 14.2 Å². The molecule has 0 spiro atoms. The van der Waals surface area contributed by atoms with Crippen molar-refractivity contribution in [3.63, 3.8) is 0 Å². The summed E-state index contributed by atoms with van der Waals surface area (Å²) in [5, 5.41) is 2.77. The molecule has 0 saturated heterocycles. The number of benzene rings is 2. The molecule has 0 aliphatic carbocycles. The minimum atomic E-state index is -0.293. The van der Waals surface area contributed by atoms with Gasteiger partial charge in [-0.25, -0.2) is 0 Å². The summed E-state index contributed by atoms with van der Waals surface area (Å²) in [4.78, 5) is 25.8. The molecule has 0 unspecified atom stereocenters. The molecular formula is C20H24N2O5. The molecule has 0 bridgehead atoms. The molecule has 0 saturated carbocycles. The fourth-order valence-corrected chi connectivity index (χ4v) is 2.55. The number of carbonyl (C=O) groups excluding carboxylic acids is 2. The van der Waals surface area contributed by atoms with Crippen LogP contribution < -0.4 is 19.5 Å². The number of nitrogens with one attached hydrogen (secondary N) is 1. The van der Waals surface area contributed by atoms with Crippen LogP contribution in [0.15, 0.2) is 42.5 Å². The first kappa shape index (κ1) is 20.1. The summed E-state index contributed by atoms with van der Waals surface area (Å²) in [5.74, 6) is 1.32. The topological polar surface area (TPSA) is 77.1 Å². The van der Waals surface area contributed by atoms with Crippen molar-refractivity contribution < 1.29 is 23.8 Å². The van der Waals surface area contributed by atoms with Gasteiger partial charge in [-0.2, -0.15) is 0 Å². The van der Waals surface area contributed by atoms with Gasteiger partial charge in [-0.1, -0.05) is 12.1 Å². The van der Waals surface area contributed by atoms with Gasteiger partial charge in [0.25, 0.3) is 0 Å². The van der Waals surface area contributed by atoms with E-state index in [0.717, 1.165) is 5.56 Å². The molecule has 144 valence electrons. The van der Waals surface area contributed by atoms with Crippen LogP contribution >= 0.6 is 0 Å². The standard InChI is InChI=1S/C20H24N2O5/c1-14(23)22(12-15-8-9-18(26-3)19(10-15)27-4)13-20(24)21-16-6-5-7-17(11-16)25-2/h5-11H,12-13H2,1-4H3,(H,21,24). The number of rotatable bonds is 8. The highest BCUT2D eigenvalue weighted by molar-refractivity contribution is 5.94. The maximum Gasteiger partial charge on any atom is 0.244 e. The Morgan fingerprint density at radius 2 is 1.70 bits per heavy atom. The fraction of sp³-hybridized carbons (Fsp3) is 0.300. The number of nitrogens with zero attached hydrogens (tertiary/aromatic N) is 1. The number of ether oxygens (including phenoxy) is 3. The van der Waals surface area contributed by atoms with Gasteiger partial charge in [-0.05, 0) is 29.8 Å². The Morgan fingerprint density at radius 1 is 0.963 bits per heavy atom. The highest BCUT2D eigenvalue weighted by Crippen LogP contribution is 2.28. The molecule has 0 fully saturated rings. The Balaban J connectivity index is 2.06. The smallest absolute Gasteiger partial charge is 0.244 e. The average Bonchev–Trinajstić information content (AvgIpc) is 2.67. The van der Waals surface area contributed by atoms with Gasteiger partial charge in [0.05, 0.1) is 21.3 Å². The number of hydrogen-bond donors (Lipinski definition) is 1. The van der Waals surface area contributed by atoms with Crippen LogP contribution in [0, 0.1) is 0 Å². The number of anilines is 1. The number of hydrogen-bond acceptors (Lipinski definition) is 5. The van der Waals surface area contributed by atoms with Crippen LogP contribution in [0.2, 0.25) is 0 Å². The normalized spacial score (nSPS) is 10.1. The Labute approximate surface area is 158 Å². The molecule has 7 nitrogen and oxygen atoms in total. The van der Waals surface area contributed by atoms with Crippen LogP contribution in [-0.4, -0.2) is 44.6 Å². The summed E-state index contributed by atoms with van der Waals surface area (Å²) in [6.07, 6.45) is 0. The Bertz CT molecular complexity index is 807. The summed E-state index contributed by atoms with van der Waals surface area (Å²) in [7, 11) is 4.66. The maximum atomic E-state index is 12.4. The van der Waals surface area contributed by atoms with Crippen molar-refractivity contribution in [3.05, 3.63) is 48.0 Å². The van der Waals surface area contributed by atoms with E-state index in [0.29, 0.717) is 22.9 Å². The first-order valence-electron chi connectivity index (χ1n) is 8.37. The number of methoxy groups -OCH3 is 3. The lowest BCUT2D eigenvalue weighted by Crippen LogP contribution is -2.36. The molecular weight excluding hydrogens is 348 g/mol. The molecule has 0 radical (unpaired) electrons. The van der Waals surface area contributed by atoms with E-state index >= 15 is 0 Å². The van der Waals surface area contributed by atoms with E-state index in [2.05, 4.69) is 5.32 Å². The quantitative estimate of drug-likeness (QED) is 0.771. The van der Waals surface area contributed by atoms with Gasteiger partial charge in [0.15, 0.2) is 11.5 Å². The maximum absolute atomic E-state index is 12.4. The molecule has 2 aromatic rings. The number of amides is 2. The van der Waals surface area contributed by atoms with Crippen LogP contribution in [0.5, 0.6) is 17.2 Å². The molecule has 0 heterocycles. The van der Waals surface area contributed by atoms with E-state index in [1.165, 1.54) is 11.8 Å². The summed E-state index contributed by atoms with van der Waals surface area (Å²) >= 11 is 0. The van der Waals surface area contributed by atoms with Crippen molar-refractivity contribution in [1.29, 1.82) is 0 Å². The second kappa shape index (κ2) is 9.47. The van der Waals surface area contributed by atoms with E-state index in [-0.39, 0.29) is 24.9 Å². The van der Waals surface area contributed by atoms with Gasteiger partial charge in [-0.15, -0.1) is 0 Å². The van der Waals surface area contributed by atoms with Crippen molar-refractivity contribution in [1.82, 2.24) is 4.90 Å². The SMILES string of the molecule is COc1cccc(NC(=O)CN(Cc2ccc(OC)c(OC)c2)C(C)=O)c1. The molecule has 0 atom stereocenters. The Morgan fingerprint density at radius 3 is 2.33 bits per heavy atom. The predicted molar refractivity (Wildman–Crippen MR) is 102 cm³/mol. The zero-order chi connectivity index (χ0) is 19.8. The van der Waals surface area contributed by atoms with Gasteiger partial charge >= 0.3 is 0 Å². The lowest BCUT2D eigenvalue weighted by atomic mass is 10.2. The van der Waals surface area contributed by atoms with Gasteiger partial charge in [-0.3, -0.25) is 9.59 Å². The zero-order valence-electron chi connectivity index (χ0n) is 15.9. The molecule has 0 aliphatic rings. The molecule has 7 heteroatoms. The molecule has 0 aromatic heterocycles. The van der Waals surface area contributed by atoms with Crippen molar-refractivity contribution in [3.8, 4) is 17.2 Å². The molecule has 2 aromatic carbocycles. The van der Waals surface area contributed by atoms with Crippen LogP contribution in [0.25, 0.3) is 0 Å². The first-order valence-corrected chi connectivity index (χ1v) is 8.37. The largest absolute Gasteiger partial charge is 0.497 e. The van der Waals surface area contributed by atoms with Gasteiger partial charge in [0.1, 0.15) is 12.3 Å². The third-order valence-corrected chi connectivity index (χ3v) is 3.95. The molecule has 0 aliphatic heterocycles. The summed E-state index contributed by atoms with van der Waals surface area (Å²) in [6.45, 7) is 1.64. The summed E-state index contributed by atoms with van der Waals surface area (Å²) < 4.78 is 15.6. The fourth-order valence-electron chi connectivity index (χ4n) is 2.55. The van der Waals surface area contributed by atoms with Crippen LogP contribution in [-0.2, 0) is 16.1 Å². The van der Waals surface area contributed by atoms with E-state index in [9.17, 15) is 9.59 Å². The van der Waals surface area contributed by atoms with Crippen molar-refractivity contribution in [2.75, 3.05) is 33.2 Å². The number of carbonyl (C=O) groups is 2. The monoisotopic (exact) mass is 372 g/mol. The lowest BCUT2D eigenvalue weighted by Gasteiger charge is -2.21. The van der Waals surface area contributed by atoms with Crippen molar-refractivity contribution >= 4 is 17.5 Å². The van der Waals surface area contributed by atoms with E-state index in [1.54, 1.807) is 57.7 Å². The third-order valence-electron chi connectivity index (χ3n) is 3.95. The third kappa shape index (κ3) is 5.64. The lowest BCUT2D eigenvalue weighted by molar-refractivity contribution is -0.133. The van der Waals surface area contributed by atoms with Crippen molar-refractivity contribution in [2.24, 2.45) is 0 Å². The predicted octanol–water partition coefficient (Wildman–Crippen LogP) is 2.70. The highest BCUT2D eigenvalue weighted by atomic mass is 16.5. The van der Waals surface area contributed by atoms with Crippen molar-refractivity contribution in [2.45, 2.75) is 13.5 Å². The minimum absolute atomic E-state index is 0.0686. The van der Waals surface area contributed by atoms with Gasteiger partial charge in [0, 0.05) is 25.2 Å². The van der Waals surface area contributed by atoms with Crippen LogP contribution in [0.3, 0.4) is 0 Å².